The van der Waals surface area contributed by atoms with Gasteiger partial charge in [0.2, 0.25) is 5.16 Å². The van der Waals surface area contributed by atoms with Crippen molar-refractivity contribution in [3.05, 3.63) is 16.9 Å². The van der Waals surface area contributed by atoms with Crippen LogP contribution in [0.4, 0.5) is 0 Å². The van der Waals surface area contributed by atoms with Crippen LogP contribution in [0.2, 0.25) is 5.15 Å². The van der Waals surface area contributed by atoms with E-state index in [9.17, 15) is 4.21 Å². The Morgan fingerprint density at radius 1 is 1.65 bits per heavy atom. The summed E-state index contributed by atoms with van der Waals surface area (Å²) in [6.07, 6.45) is 3.90. The summed E-state index contributed by atoms with van der Waals surface area (Å²) in [5, 5.41) is 4.06. The third kappa shape index (κ3) is 3.47. The molecule has 2 rings (SSSR count). The zero-order valence-corrected chi connectivity index (χ0v) is 11.4. The van der Waals surface area contributed by atoms with Gasteiger partial charge in [-0.3, -0.25) is 4.21 Å². The normalized spacial score (nSPS) is 22.4. The second kappa shape index (κ2) is 5.89. The molecular formula is C11H16ClN3OS. The number of hydrogen-bond acceptors (Lipinski definition) is 4. The molecule has 1 fully saturated rings. The van der Waals surface area contributed by atoms with E-state index in [0.717, 1.165) is 31.5 Å². The molecular weight excluding hydrogens is 258 g/mol. The Bertz CT molecular complexity index is 421. The fourth-order valence-electron chi connectivity index (χ4n) is 1.87. The van der Waals surface area contributed by atoms with Gasteiger partial charge >= 0.3 is 0 Å². The molecule has 17 heavy (non-hydrogen) atoms. The Balaban J connectivity index is 2.01. The number of nitrogens with one attached hydrogen (secondary N) is 1. The minimum absolute atomic E-state index is 0.353. The molecule has 0 aromatic carbocycles. The van der Waals surface area contributed by atoms with E-state index < -0.39 is 10.8 Å². The lowest BCUT2D eigenvalue weighted by Crippen LogP contribution is -2.32. The van der Waals surface area contributed by atoms with Crippen LogP contribution in [0.25, 0.3) is 0 Å². The largest absolute Gasteiger partial charge is 0.316 e. The van der Waals surface area contributed by atoms with Crippen LogP contribution in [0, 0.1) is 12.8 Å². The maximum atomic E-state index is 12.1. The Labute approximate surface area is 109 Å². The molecule has 0 amide bonds. The zero-order chi connectivity index (χ0) is 12.3. The smallest absolute Gasteiger partial charge is 0.219 e. The van der Waals surface area contributed by atoms with Gasteiger partial charge in [0.05, 0.1) is 10.8 Å². The highest BCUT2D eigenvalue weighted by molar-refractivity contribution is 7.84. The van der Waals surface area contributed by atoms with Crippen molar-refractivity contribution in [1.29, 1.82) is 0 Å². The number of piperidine rings is 1. The van der Waals surface area contributed by atoms with Crippen molar-refractivity contribution >= 4 is 22.4 Å². The maximum Gasteiger partial charge on any atom is 0.219 e. The zero-order valence-electron chi connectivity index (χ0n) is 9.78. The number of aromatic nitrogens is 2. The third-order valence-electron chi connectivity index (χ3n) is 2.88. The molecule has 0 aliphatic carbocycles. The van der Waals surface area contributed by atoms with Crippen LogP contribution in [0.5, 0.6) is 0 Å². The minimum atomic E-state index is -1.15. The lowest BCUT2D eigenvalue weighted by atomic mass is 10.0. The first kappa shape index (κ1) is 12.9. The fraction of sp³-hybridized carbons (Fsp3) is 0.636. The van der Waals surface area contributed by atoms with Gasteiger partial charge in [-0.1, -0.05) is 11.6 Å². The SMILES string of the molecule is Cc1cnc(S(=O)CC2CCCNC2)nc1Cl. The van der Waals surface area contributed by atoms with E-state index in [0.29, 0.717) is 22.0 Å². The second-order valence-corrected chi connectivity index (χ2v) is 6.10. The molecule has 2 heterocycles. The van der Waals surface area contributed by atoms with Crippen LogP contribution >= 0.6 is 11.6 Å². The summed E-state index contributed by atoms with van der Waals surface area (Å²) in [6, 6.07) is 0. The standard InChI is InChI=1S/C11H16ClN3OS/c1-8-5-14-11(15-10(8)12)17(16)7-9-3-2-4-13-6-9/h5,9,13H,2-4,6-7H2,1H3. The van der Waals surface area contributed by atoms with Gasteiger partial charge in [0.25, 0.3) is 0 Å². The van der Waals surface area contributed by atoms with Crippen LogP contribution in [-0.4, -0.2) is 33.0 Å². The quantitative estimate of drug-likeness (QED) is 0.671. The number of hydrogen-bond donors (Lipinski definition) is 1. The van der Waals surface area contributed by atoms with E-state index in [1.54, 1.807) is 6.20 Å². The first-order valence-electron chi connectivity index (χ1n) is 5.75. The number of aryl methyl sites for hydroxylation is 1. The first-order chi connectivity index (χ1) is 8.16. The molecule has 0 spiro atoms. The van der Waals surface area contributed by atoms with Crippen LogP contribution in [-0.2, 0) is 10.8 Å². The molecule has 1 aliphatic heterocycles. The monoisotopic (exact) mass is 273 g/mol. The Morgan fingerprint density at radius 3 is 3.12 bits per heavy atom. The molecule has 94 valence electrons. The highest BCUT2D eigenvalue weighted by Gasteiger charge is 2.18. The molecule has 1 aliphatic rings. The van der Waals surface area contributed by atoms with Crippen LogP contribution in [0.3, 0.4) is 0 Å². The van der Waals surface area contributed by atoms with E-state index in [-0.39, 0.29) is 0 Å². The predicted octanol–water partition coefficient (Wildman–Crippen LogP) is 1.55. The number of nitrogens with zero attached hydrogens (tertiary/aromatic N) is 2. The molecule has 4 nitrogen and oxygen atoms in total. The Morgan fingerprint density at radius 2 is 2.47 bits per heavy atom. The number of rotatable bonds is 3. The summed E-state index contributed by atoms with van der Waals surface area (Å²) in [5.74, 6) is 1.07. The summed E-state index contributed by atoms with van der Waals surface area (Å²) in [7, 11) is -1.15. The Kier molecular flexibility index (Phi) is 4.48. The molecule has 0 radical (unpaired) electrons. The average Bonchev–Trinajstić information content (AvgIpc) is 2.34. The molecule has 6 heteroatoms. The van der Waals surface area contributed by atoms with Gasteiger partial charge < -0.3 is 5.32 Å². The summed E-state index contributed by atoms with van der Waals surface area (Å²) in [6.45, 7) is 3.83. The lowest BCUT2D eigenvalue weighted by Gasteiger charge is -2.21. The molecule has 0 bridgehead atoms. The highest BCUT2D eigenvalue weighted by atomic mass is 35.5. The van der Waals surface area contributed by atoms with E-state index in [4.69, 9.17) is 11.6 Å². The third-order valence-corrected chi connectivity index (χ3v) is 4.64. The molecule has 1 saturated heterocycles. The van der Waals surface area contributed by atoms with Crippen molar-refractivity contribution in [2.24, 2.45) is 5.92 Å². The van der Waals surface area contributed by atoms with E-state index in [2.05, 4.69) is 15.3 Å². The van der Waals surface area contributed by atoms with E-state index >= 15 is 0 Å². The number of halogens is 1. The lowest BCUT2D eigenvalue weighted by molar-refractivity contribution is 0.407. The van der Waals surface area contributed by atoms with Gasteiger partial charge in [-0.2, -0.15) is 0 Å². The van der Waals surface area contributed by atoms with Crippen molar-refractivity contribution in [2.45, 2.75) is 24.9 Å². The summed E-state index contributed by atoms with van der Waals surface area (Å²) < 4.78 is 12.1. The van der Waals surface area contributed by atoms with Gasteiger partial charge in [-0.15, -0.1) is 0 Å². The van der Waals surface area contributed by atoms with Gasteiger partial charge in [-0.05, 0) is 38.8 Å². The van der Waals surface area contributed by atoms with E-state index in [1.807, 2.05) is 6.92 Å². The van der Waals surface area contributed by atoms with Crippen LogP contribution < -0.4 is 5.32 Å². The van der Waals surface area contributed by atoms with Gasteiger partial charge in [0.15, 0.2) is 0 Å². The molecule has 2 atom stereocenters. The van der Waals surface area contributed by atoms with Gasteiger partial charge in [0, 0.05) is 17.5 Å². The molecule has 0 saturated carbocycles. The fourth-order valence-corrected chi connectivity index (χ4v) is 3.27. The van der Waals surface area contributed by atoms with Crippen molar-refractivity contribution in [3.63, 3.8) is 0 Å². The van der Waals surface area contributed by atoms with Crippen LogP contribution in [0.1, 0.15) is 18.4 Å². The predicted molar refractivity (Wildman–Crippen MR) is 68.6 cm³/mol. The highest BCUT2D eigenvalue weighted by Crippen LogP contribution is 2.16. The second-order valence-electron chi connectivity index (χ2n) is 4.35. The minimum Gasteiger partial charge on any atom is -0.316 e. The first-order valence-corrected chi connectivity index (χ1v) is 7.44. The van der Waals surface area contributed by atoms with Gasteiger partial charge in [-0.25, -0.2) is 9.97 Å². The summed E-state index contributed by atoms with van der Waals surface area (Å²) >= 11 is 5.90. The molecule has 1 aromatic rings. The van der Waals surface area contributed by atoms with Gasteiger partial charge in [0.1, 0.15) is 5.15 Å². The average molecular weight is 274 g/mol. The van der Waals surface area contributed by atoms with Crippen molar-refractivity contribution in [3.8, 4) is 0 Å². The Hall–Kier alpha value is -0.520. The van der Waals surface area contributed by atoms with Crippen molar-refractivity contribution < 1.29 is 4.21 Å². The van der Waals surface area contributed by atoms with E-state index in [1.165, 1.54) is 0 Å². The van der Waals surface area contributed by atoms with Crippen molar-refractivity contribution in [1.82, 2.24) is 15.3 Å². The topological polar surface area (TPSA) is 54.9 Å². The summed E-state index contributed by atoms with van der Waals surface area (Å²) in [4.78, 5) is 8.16. The maximum absolute atomic E-state index is 12.1. The molecule has 1 N–H and O–H groups in total. The molecule has 2 unspecified atom stereocenters. The van der Waals surface area contributed by atoms with Crippen LogP contribution in [0.15, 0.2) is 11.4 Å². The summed E-state index contributed by atoms with van der Waals surface area (Å²) in [5.41, 5.74) is 0.812. The van der Waals surface area contributed by atoms with Crippen molar-refractivity contribution in [2.75, 3.05) is 18.8 Å². The molecule has 1 aromatic heterocycles.